The number of pyridine rings is 1. The van der Waals surface area contributed by atoms with E-state index in [0.29, 0.717) is 12.3 Å². The minimum Gasteiger partial charge on any atom is -0.450 e. The van der Waals surface area contributed by atoms with Gasteiger partial charge in [-0.25, -0.2) is 9.78 Å². The highest BCUT2D eigenvalue weighted by atomic mass is 16.5. The third-order valence-corrected chi connectivity index (χ3v) is 6.14. The lowest BCUT2D eigenvalue weighted by molar-refractivity contribution is 0.168. The first-order chi connectivity index (χ1) is 17.0. The Hall–Kier alpha value is -3.30. The number of anilines is 3. The number of carbonyl (C=O) groups excluding carboxylic acids is 1. The molecule has 0 spiro atoms. The van der Waals surface area contributed by atoms with E-state index in [9.17, 15) is 4.79 Å². The Bertz CT molecular complexity index is 1020. The van der Waals surface area contributed by atoms with Crippen LogP contribution in [-0.2, 0) is 4.74 Å². The van der Waals surface area contributed by atoms with Crippen molar-refractivity contribution < 1.29 is 9.53 Å². The van der Waals surface area contributed by atoms with Crippen LogP contribution in [0.5, 0.6) is 0 Å². The Morgan fingerprint density at radius 1 is 1.23 bits per heavy atom. The van der Waals surface area contributed by atoms with Crippen LogP contribution in [-0.4, -0.2) is 75.9 Å². The molecule has 2 aromatic rings. The minimum absolute atomic E-state index is 0.0405. The Balaban J connectivity index is 1.54. The number of rotatable bonds is 9. The van der Waals surface area contributed by atoms with E-state index in [2.05, 4.69) is 63.4 Å². The topological polar surface area (TPSA) is 93.8 Å². The van der Waals surface area contributed by atoms with Gasteiger partial charge in [-0.3, -0.25) is 5.32 Å². The molecule has 1 unspecified atom stereocenters. The molecule has 9 nitrogen and oxygen atoms in total. The minimum atomic E-state index is -0.454. The van der Waals surface area contributed by atoms with Gasteiger partial charge in [-0.1, -0.05) is 6.07 Å². The molecule has 2 aliphatic rings. The third kappa shape index (κ3) is 6.64. The van der Waals surface area contributed by atoms with Crippen LogP contribution in [0.3, 0.4) is 0 Å². The number of aromatic nitrogens is 1. The number of piperazine rings is 1. The first kappa shape index (κ1) is 24.8. The molecule has 9 heteroatoms. The quantitative estimate of drug-likeness (QED) is 0.408. The van der Waals surface area contributed by atoms with E-state index in [1.54, 1.807) is 6.92 Å². The van der Waals surface area contributed by atoms with E-state index >= 15 is 0 Å². The zero-order valence-corrected chi connectivity index (χ0v) is 20.9. The Labute approximate surface area is 207 Å². The number of ether oxygens (including phenoxy) is 1. The Kier molecular flexibility index (Phi) is 8.44. The van der Waals surface area contributed by atoms with Crippen molar-refractivity contribution in [3.63, 3.8) is 0 Å². The van der Waals surface area contributed by atoms with Gasteiger partial charge in [0.25, 0.3) is 0 Å². The van der Waals surface area contributed by atoms with E-state index < -0.39 is 6.09 Å². The van der Waals surface area contributed by atoms with Gasteiger partial charge in [0, 0.05) is 61.6 Å². The predicted molar refractivity (Wildman–Crippen MR) is 142 cm³/mol. The molecule has 1 amide bonds. The van der Waals surface area contributed by atoms with Gasteiger partial charge in [0.1, 0.15) is 5.82 Å². The summed E-state index contributed by atoms with van der Waals surface area (Å²) < 4.78 is 5.03. The van der Waals surface area contributed by atoms with Crippen LogP contribution in [0.25, 0.3) is 5.70 Å². The number of nitrogens with one attached hydrogen (secondary N) is 4. The highest BCUT2D eigenvalue weighted by Crippen LogP contribution is 2.36. The summed E-state index contributed by atoms with van der Waals surface area (Å²) in [5.41, 5.74) is 4.88. The van der Waals surface area contributed by atoms with Crippen molar-refractivity contribution in [3.8, 4) is 0 Å². The van der Waals surface area contributed by atoms with Gasteiger partial charge in [0.2, 0.25) is 0 Å². The summed E-state index contributed by atoms with van der Waals surface area (Å²) in [5.74, 6) is 1.01. The molecule has 35 heavy (non-hydrogen) atoms. The van der Waals surface area contributed by atoms with Crippen LogP contribution in [0.4, 0.5) is 22.0 Å². The van der Waals surface area contributed by atoms with Gasteiger partial charge >= 0.3 is 6.09 Å². The molecule has 1 aromatic carbocycles. The number of hydrogen-bond acceptors (Lipinski definition) is 8. The van der Waals surface area contributed by atoms with Gasteiger partial charge in [-0.15, -0.1) is 0 Å². The molecule has 0 saturated carbocycles. The summed E-state index contributed by atoms with van der Waals surface area (Å²) in [6.07, 6.45) is 4.77. The smallest absolute Gasteiger partial charge is 0.411 e. The van der Waals surface area contributed by atoms with Crippen LogP contribution >= 0.6 is 0 Å². The van der Waals surface area contributed by atoms with Crippen molar-refractivity contribution in [3.05, 3.63) is 53.7 Å². The summed E-state index contributed by atoms with van der Waals surface area (Å²) in [5, 5.41) is 13.4. The molecule has 0 aliphatic carbocycles. The lowest BCUT2D eigenvalue weighted by Crippen LogP contribution is -2.43. The van der Waals surface area contributed by atoms with Crippen molar-refractivity contribution in [2.45, 2.75) is 19.4 Å². The lowest BCUT2D eigenvalue weighted by atomic mass is 9.97. The first-order valence-electron chi connectivity index (χ1n) is 12.4. The molecule has 4 rings (SSSR count). The Morgan fingerprint density at radius 2 is 2.06 bits per heavy atom. The van der Waals surface area contributed by atoms with Crippen molar-refractivity contribution in [2.24, 2.45) is 0 Å². The first-order valence-corrected chi connectivity index (χ1v) is 12.4. The van der Waals surface area contributed by atoms with E-state index in [4.69, 9.17) is 9.72 Å². The summed E-state index contributed by atoms with van der Waals surface area (Å²) in [4.78, 5) is 21.2. The highest BCUT2D eigenvalue weighted by molar-refractivity contribution is 5.88. The average Bonchev–Trinajstić information content (AvgIpc) is 2.87. The van der Waals surface area contributed by atoms with Crippen LogP contribution < -0.4 is 26.2 Å². The molecule has 1 fully saturated rings. The van der Waals surface area contributed by atoms with Crippen molar-refractivity contribution in [2.75, 3.05) is 75.5 Å². The van der Waals surface area contributed by atoms with Crippen molar-refractivity contribution in [1.29, 1.82) is 0 Å². The second-order valence-corrected chi connectivity index (χ2v) is 9.08. The fourth-order valence-electron chi connectivity index (χ4n) is 4.34. The van der Waals surface area contributed by atoms with Crippen LogP contribution in [0.2, 0.25) is 0 Å². The fraction of sp³-hybridized carbons (Fsp3) is 0.462. The van der Waals surface area contributed by atoms with E-state index in [-0.39, 0.29) is 6.04 Å². The molecule has 2 aliphatic heterocycles. The molecular weight excluding hydrogens is 442 g/mol. The Morgan fingerprint density at radius 3 is 2.77 bits per heavy atom. The molecule has 188 valence electrons. The lowest BCUT2D eigenvalue weighted by Gasteiger charge is -2.30. The molecular formula is C26H37N7O2. The van der Waals surface area contributed by atoms with E-state index in [1.807, 2.05) is 24.4 Å². The molecule has 0 bridgehead atoms. The van der Waals surface area contributed by atoms with Gasteiger partial charge in [-0.05, 0) is 69.9 Å². The predicted octanol–water partition coefficient (Wildman–Crippen LogP) is 3.11. The molecule has 1 saturated heterocycles. The second kappa shape index (κ2) is 11.9. The van der Waals surface area contributed by atoms with Gasteiger partial charge < -0.3 is 30.5 Å². The average molecular weight is 480 g/mol. The number of amides is 1. The van der Waals surface area contributed by atoms with Gasteiger partial charge in [0.05, 0.1) is 12.6 Å². The molecule has 1 atom stereocenters. The fourth-order valence-corrected chi connectivity index (χ4v) is 4.34. The number of benzene rings is 1. The van der Waals surface area contributed by atoms with Crippen LogP contribution in [0.1, 0.15) is 30.5 Å². The normalized spacial score (nSPS) is 17.3. The highest BCUT2D eigenvalue weighted by Gasteiger charge is 2.22. The monoisotopic (exact) mass is 479 g/mol. The van der Waals surface area contributed by atoms with Gasteiger partial charge in [0.15, 0.2) is 0 Å². The summed E-state index contributed by atoms with van der Waals surface area (Å²) >= 11 is 0. The zero-order valence-electron chi connectivity index (χ0n) is 20.9. The number of hydrogen-bond donors (Lipinski definition) is 4. The summed E-state index contributed by atoms with van der Waals surface area (Å²) in [7, 11) is 4.18. The van der Waals surface area contributed by atoms with Crippen LogP contribution in [0.15, 0.2) is 42.6 Å². The maximum atomic E-state index is 11.9. The molecule has 0 radical (unpaired) electrons. The largest absolute Gasteiger partial charge is 0.450 e. The summed E-state index contributed by atoms with van der Waals surface area (Å²) in [6.45, 7) is 7.93. The third-order valence-electron chi connectivity index (χ3n) is 6.14. The number of nitrogens with zero attached hydrogens (tertiary/aromatic N) is 3. The van der Waals surface area contributed by atoms with Crippen molar-refractivity contribution >= 4 is 29.0 Å². The SMILES string of the molecule is CCOC(=O)Nc1ccc2c(c1)NC(c1ccc(N3CCNCC3)nc1)C=C2NCCCN(C)C. The maximum absolute atomic E-state index is 11.9. The molecule has 1 aromatic heterocycles. The number of fused-ring (bicyclic) bond motifs is 1. The van der Waals surface area contributed by atoms with Crippen LogP contribution in [0, 0.1) is 0 Å². The van der Waals surface area contributed by atoms with E-state index in [1.165, 1.54) is 0 Å². The van der Waals surface area contributed by atoms with E-state index in [0.717, 1.165) is 74.0 Å². The molecule has 3 heterocycles. The maximum Gasteiger partial charge on any atom is 0.411 e. The second-order valence-electron chi connectivity index (χ2n) is 9.08. The van der Waals surface area contributed by atoms with Crippen molar-refractivity contribution in [1.82, 2.24) is 20.5 Å². The molecule has 4 N–H and O–H groups in total. The summed E-state index contributed by atoms with van der Waals surface area (Å²) in [6, 6.07) is 10.1. The van der Waals surface area contributed by atoms with Gasteiger partial charge in [-0.2, -0.15) is 0 Å². The standard InChI is InChI=1S/C26H37N7O2/c1-4-35-26(34)30-20-7-8-21-23(28-10-5-13-32(2)3)17-22(31-24(21)16-20)19-6-9-25(29-18-19)33-14-11-27-12-15-33/h6-9,16-18,22,27-28,31H,4-5,10-15H2,1-3H3,(H,30,34). The number of carbonyl (C=O) groups is 1. The zero-order chi connectivity index (χ0) is 24.6.